The Morgan fingerprint density at radius 3 is 2.65 bits per heavy atom. The molecule has 4 aromatic rings. The molecule has 0 saturated carbocycles. The average Bonchev–Trinajstić information content (AvgIpc) is 3.26. The molecule has 1 aliphatic heterocycles. The Hall–Kier alpha value is -4.17. The lowest BCUT2D eigenvalue weighted by molar-refractivity contribution is -0.125. The fourth-order valence-corrected chi connectivity index (χ4v) is 4.21. The smallest absolute Gasteiger partial charge is 0.320 e. The number of rotatable bonds is 5. The van der Waals surface area contributed by atoms with Gasteiger partial charge >= 0.3 is 6.03 Å². The first kappa shape index (κ1) is 21.7. The Morgan fingerprint density at radius 1 is 1.06 bits per heavy atom. The summed E-state index contributed by atoms with van der Waals surface area (Å²) >= 11 is 0. The molecular weight excluding hydrogens is 428 g/mol. The third-order valence-corrected chi connectivity index (χ3v) is 5.84. The molecule has 1 saturated heterocycles. The molecule has 1 aromatic heterocycles. The second-order valence-electron chi connectivity index (χ2n) is 8.41. The zero-order valence-corrected chi connectivity index (χ0v) is 18.8. The number of hydrogen-bond donors (Lipinski definition) is 4. The summed E-state index contributed by atoms with van der Waals surface area (Å²) in [6.45, 7) is 2.32. The number of carbonyl (C=O) groups is 2. The van der Waals surface area contributed by atoms with E-state index >= 15 is 0 Å². The van der Waals surface area contributed by atoms with E-state index in [0.717, 1.165) is 21.9 Å². The van der Waals surface area contributed by atoms with Gasteiger partial charge in [0, 0.05) is 30.6 Å². The maximum atomic E-state index is 12.9. The summed E-state index contributed by atoms with van der Waals surface area (Å²) in [6.07, 6.45) is -0.181. The number of hydrogen-bond acceptors (Lipinski definition) is 4. The second kappa shape index (κ2) is 9.36. The predicted molar refractivity (Wildman–Crippen MR) is 132 cm³/mol. The molecule has 2 heterocycles. The van der Waals surface area contributed by atoms with Gasteiger partial charge in [-0.1, -0.05) is 72.8 Å². The minimum absolute atomic E-state index is 0.0174. The molecule has 34 heavy (non-hydrogen) atoms. The first-order chi connectivity index (χ1) is 16.6. The van der Waals surface area contributed by atoms with Gasteiger partial charge in [-0.25, -0.2) is 9.48 Å². The number of nitrogens with zero attached hydrogens (tertiary/aromatic N) is 2. The van der Waals surface area contributed by atoms with Crippen molar-refractivity contribution in [3.63, 3.8) is 0 Å². The molecule has 0 spiro atoms. The van der Waals surface area contributed by atoms with Gasteiger partial charge in [0.2, 0.25) is 5.91 Å². The van der Waals surface area contributed by atoms with Crippen LogP contribution in [-0.2, 0) is 11.3 Å². The van der Waals surface area contributed by atoms with Crippen LogP contribution in [-0.4, -0.2) is 27.8 Å². The third kappa shape index (κ3) is 4.62. The van der Waals surface area contributed by atoms with Crippen molar-refractivity contribution in [2.24, 2.45) is 0 Å². The summed E-state index contributed by atoms with van der Waals surface area (Å²) in [4.78, 5) is 25.0. The standard InChI is InChI=1S/C26H26N6O2/c1-17-14-24(33)30-25(28-17)32-23(15-22(31-32)19-9-3-2-4-10-19)29-26(34)27-16-20-12-7-11-18-8-5-6-13-21(18)20/h2-13,15,17,25,28H,14,16H2,1H3,(H,30,33)(H2,27,29,34). The van der Waals surface area contributed by atoms with Gasteiger partial charge < -0.3 is 10.6 Å². The maximum Gasteiger partial charge on any atom is 0.320 e. The summed E-state index contributed by atoms with van der Waals surface area (Å²) in [5.41, 5.74) is 2.64. The van der Waals surface area contributed by atoms with Crippen molar-refractivity contribution in [2.45, 2.75) is 32.2 Å². The van der Waals surface area contributed by atoms with Gasteiger partial charge in [-0.3, -0.25) is 15.4 Å². The highest BCUT2D eigenvalue weighted by Gasteiger charge is 2.27. The molecule has 2 atom stereocenters. The summed E-state index contributed by atoms with van der Waals surface area (Å²) in [5.74, 6) is 0.403. The Labute approximate surface area is 197 Å². The molecule has 1 aliphatic rings. The highest BCUT2D eigenvalue weighted by Crippen LogP contribution is 2.25. The number of benzene rings is 3. The second-order valence-corrected chi connectivity index (χ2v) is 8.41. The topological polar surface area (TPSA) is 100 Å². The molecular formula is C26H26N6O2. The molecule has 0 radical (unpaired) electrons. The molecule has 8 heteroatoms. The predicted octanol–water partition coefficient (Wildman–Crippen LogP) is 3.98. The zero-order chi connectivity index (χ0) is 23.5. The van der Waals surface area contributed by atoms with Gasteiger partial charge in [0.15, 0.2) is 6.29 Å². The molecule has 0 bridgehead atoms. The fourth-order valence-electron chi connectivity index (χ4n) is 4.21. The highest BCUT2D eigenvalue weighted by atomic mass is 16.2. The number of nitrogens with one attached hydrogen (secondary N) is 4. The van der Waals surface area contributed by atoms with Crippen molar-refractivity contribution in [2.75, 3.05) is 5.32 Å². The van der Waals surface area contributed by atoms with Gasteiger partial charge in [0.25, 0.3) is 0 Å². The number of amides is 3. The highest BCUT2D eigenvalue weighted by molar-refractivity contribution is 5.90. The molecule has 172 valence electrons. The van der Waals surface area contributed by atoms with Crippen LogP contribution in [0, 0.1) is 0 Å². The third-order valence-electron chi connectivity index (χ3n) is 5.84. The molecule has 2 unspecified atom stereocenters. The van der Waals surface area contributed by atoms with Crippen LogP contribution in [0.5, 0.6) is 0 Å². The van der Waals surface area contributed by atoms with E-state index in [1.165, 1.54) is 0 Å². The van der Waals surface area contributed by atoms with Gasteiger partial charge in [-0.2, -0.15) is 5.10 Å². The Kier molecular flexibility index (Phi) is 5.97. The minimum Gasteiger partial charge on any atom is -0.334 e. The van der Waals surface area contributed by atoms with E-state index in [0.29, 0.717) is 24.5 Å². The number of anilines is 1. The number of carbonyl (C=O) groups excluding carboxylic acids is 2. The van der Waals surface area contributed by atoms with Crippen LogP contribution in [0.2, 0.25) is 0 Å². The molecule has 3 aromatic carbocycles. The molecule has 3 amide bonds. The van der Waals surface area contributed by atoms with Crippen LogP contribution < -0.4 is 21.3 Å². The molecule has 1 fully saturated rings. The van der Waals surface area contributed by atoms with Gasteiger partial charge in [-0.05, 0) is 23.3 Å². The SMILES string of the molecule is CC1CC(=O)NC(n2nc(-c3ccccc3)cc2NC(=O)NCc2cccc3ccccc23)N1. The van der Waals surface area contributed by atoms with Crippen molar-refractivity contribution in [1.29, 1.82) is 0 Å². The van der Waals surface area contributed by atoms with E-state index in [9.17, 15) is 9.59 Å². The summed E-state index contributed by atoms with van der Waals surface area (Å²) in [7, 11) is 0. The van der Waals surface area contributed by atoms with Crippen LogP contribution in [0.3, 0.4) is 0 Å². The molecule has 5 rings (SSSR count). The number of urea groups is 1. The zero-order valence-electron chi connectivity index (χ0n) is 18.8. The normalized spacial score (nSPS) is 17.9. The van der Waals surface area contributed by atoms with Gasteiger partial charge in [-0.15, -0.1) is 0 Å². The van der Waals surface area contributed by atoms with Crippen LogP contribution in [0.25, 0.3) is 22.0 Å². The van der Waals surface area contributed by atoms with Crippen LogP contribution in [0.4, 0.5) is 10.6 Å². The lowest BCUT2D eigenvalue weighted by Crippen LogP contribution is -2.52. The fraction of sp³-hybridized carbons (Fsp3) is 0.192. The van der Waals surface area contributed by atoms with E-state index in [4.69, 9.17) is 0 Å². The largest absolute Gasteiger partial charge is 0.334 e. The number of aromatic nitrogens is 2. The minimum atomic E-state index is -0.568. The summed E-state index contributed by atoms with van der Waals surface area (Å²) in [6, 6.07) is 25.2. The van der Waals surface area contributed by atoms with E-state index in [-0.39, 0.29) is 18.0 Å². The van der Waals surface area contributed by atoms with Crippen LogP contribution in [0.1, 0.15) is 25.2 Å². The summed E-state index contributed by atoms with van der Waals surface area (Å²) < 4.78 is 1.60. The van der Waals surface area contributed by atoms with Crippen molar-refractivity contribution >= 4 is 28.5 Å². The lowest BCUT2D eigenvalue weighted by Gasteiger charge is -2.30. The van der Waals surface area contributed by atoms with E-state index in [1.54, 1.807) is 10.7 Å². The van der Waals surface area contributed by atoms with Gasteiger partial charge in [0.05, 0.1) is 5.69 Å². The Bertz CT molecular complexity index is 1330. The maximum absolute atomic E-state index is 12.9. The van der Waals surface area contributed by atoms with E-state index in [1.807, 2.05) is 67.6 Å². The van der Waals surface area contributed by atoms with Crippen molar-refractivity contribution < 1.29 is 9.59 Å². The monoisotopic (exact) mass is 454 g/mol. The Morgan fingerprint density at radius 2 is 1.82 bits per heavy atom. The van der Waals surface area contributed by atoms with Crippen molar-refractivity contribution in [3.05, 3.63) is 84.4 Å². The van der Waals surface area contributed by atoms with E-state index < -0.39 is 6.29 Å². The molecule has 4 N–H and O–H groups in total. The summed E-state index contributed by atoms with van der Waals surface area (Å²) in [5, 5.41) is 19.0. The average molecular weight is 455 g/mol. The molecule has 8 nitrogen and oxygen atoms in total. The first-order valence-corrected chi connectivity index (χ1v) is 11.3. The molecule has 0 aliphatic carbocycles. The van der Waals surface area contributed by atoms with Crippen molar-refractivity contribution in [1.82, 2.24) is 25.7 Å². The van der Waals surface area contributed by atoms with E-state index in [2.05, 4.69) is 38.5 Å². The number of fused-ring (bicyclic) bond motifs is 1. The van der Waals surface area contributed by atoms with Gasteiger partial charge in [0.1, 0.15) is 5.82 Å². The quantitative estimate of drug-likeness (QED) is 0.367. The van der Waals surface area contributed by atoms with Crippen LogP contribution >= 0.6 is 0 Å². The Balaban J connectivity index is 1.37. The lowest BCUT2D eigenvalue weighted by atomic mass is 10.0. The van der Waals surface area contributed by atoms with Crippen LogP contribution in [0.15, 0.2) is 78.9 Å². The van der Waals surface area contributed by atoms with Crippen molar-refractivity contribution in [3.8, 4) is 11.3 Å². The first-order valence-electron chi connectivity index (χ1n) is 11.3.